The first-order valence-electron chi connectivity index (χ1n) is 7.86. The Labute approximate surface area is 136 Å². The average Bonchev–Trinajstić information content (AvgIpc) is 2.51. The molecule has 1 aromatic rings. The number of hydrogen-bond acceptors (Lipinski definition) is 2. The summed E-state index contributed by atoms with van der Waals surface area (Å²) in [6.07, 6.45) is 1.89. The molecule has 1 aromatic carbocycles. The van der Waals surface area contributed by atoms with Crippen molar-refractivity contribution in [2.24, 2.45) is 5.92 Å². The number of aryl methyl sites for hydroxylation is 1. The van der Waals surface area contributed by atoms with E-state index in [-0.39, 0.29) is 5.92 Å². The number of nitrogens with zero attached hydrogens (tertiary/aromatic N) is 2. The standard InChI is InChI=1S/C17H25BrN2O/c1-4-14(5-2)17(21)20-10-8-19(9-11-20)15-6-7-16(18)13(3)12-15/h6-7,12,14H,4-5,8-11H2,1-3H3. The molecule has 116 valence electrons. The van der Waals surface area contributed by atoms with Gasteiger partial charge in [0.05, 0.1) is 0 Å². The SMILES string of the molecule is CCC(CC)C(=O)N1CCN(c2ccc(Br)c(C)c2)CC1. The van der Waals surface area contributed by atoms with Crippen molar-refractivity contribution in [2.75, 3.05) is 31.1 Å². The van der Waals surface area contributed by atoms with Crippen LogP contribution in [0.3, 0.4) is 0 Å². The lowest BCUT2D eigenvalue weighted by molar-refractivity contribution is -0.136. The Morgan fingerprint density at radius 3 is 2.33 bits per heavy atom. The van der Waals surface area contributed by atoms with Gasteiger partial charge in [0.2, 0.25) is 5.91 Å². The Morgan fingerprint density at radius 2 is 1.81 bits per heavy atom. The van der Waals surface area contributed by atoms with Gasteiger partial charge in [-0.25, -0.2) is 0 Å². The fourth-order valence-electron chi connectivity index (χ4n) is 2.91. The lowest BCUT2D eigenvalue weighted by Gasteiger charge is -2.37. The van der Waals surface area contributed by atoms with Gasteiger partial charge >= 0.3 is 0 Å². The predicted octanol–water partition coefficient (Wildman–Crippen LogP) is 3.84. The molecule has 21 heavy (non-hydrogen) atoms. The largest absolute Gasteiger partial charge is 0.368 e. The Kier molecular flexibility index (Phi) is 5.68. The van der Waals surface area contributed by atoms with Crippen LogP contribution in [-0.4, -0.2) is 37.0 Å². The number of amides is 1. The van der Waals surface area contributed by atoms with Crippen LogP contribution in [0.15, 0.2) is 22.7 Å². The van der Waals surface area contributed by atoms with Crippen LogP contribution in [0, 0.1) is 12.8 Å². The second-order valence-corrected chi connectivity index (χ2v) is 6.61. The van der Waals surface area contributed by atoms with Gasteiger partial charge in [0, 0.05) is 42.3 Å². The lowest BCUT2D eigenvalue weighted by Crippen LogP contribution is -2.50. The maximum Gasteiger partial charge on any atom is 0.225 e. The number of hydrogen-bond donors (Lipinski definition) is 0. The Bertz CT molecular complexity index is 492. The van der Waals surface area contributed by atoms with Gasteiger partial charge in [0.1, 0.15) is 0 Å². The highest BCUT2D eigenvalue weighted by atomic mass is 79.9. The van der Waals surface area contributed by atoms with Crippen molar-refractivity contribution in [1.82, 2.24) is 4.90 Å². The summed E-state index contributed by atoms with van der Waals surface area (Å²) in [6, 6.07) is 6.46. The molecule has 0 saturated carbocycles. The summed E-state index contributed by atoms with van der Waals surface area (Å²) in [7, 11) is 0. The Hall–Kier alpha value is -1.03. The molecule has 0 bridgehead atoms. The van der Waals surface area contributed by atoms with Gasteiger partial charge in [-0.05, 0) is 43.5 Å². The fraction of sp³-hybridized carbons (Fsp3) is 0.588. The number of benzene rings is 1. The van der Waals surface area contributed by atoms with Gasteiger partial charge in [-0.1, -0.05) is 29.8 Å². The minimum absolute atomic E-state index is 0.200. The van der Waals surface area contributed by atoms with E-state index < -0.39 is 0 Å². The van der Waals surface area contributed by atoms with E-state index in [2.05, 4.69) is 59.8 Å². The second kappa shape index (κ2) is 7.30. The molecule has 0 unspecified atom stereocenters. The number of carbonyl (C=O) groups is 1. The van der Waals surface area contributed by atoms with Crippen LogP contribution in [0.5, 0.6) is 0 Å². The fourth-order valence-corrected chi connectivity index (χ4v) is 3.15. The van der Waals surface area contributed by atoms with Crippen molar-refractivity contribution >= 4 is 27.5 Å². The molecule has 2 rings (SSSR count). The summed E-state index contributed by atoms with van der Waals surface area (Å²) in [5, 5.41) is 0. The normalized spacial score (nSPS) is 15.7. The van der Waals surface area contributed by atoms with Crippen molar-refractivity contribution < 1.29 is 4.79 Å². The third-order valence-electron chi connectivity index (χ3n) is 4.43. The maximum atomic E-state index is 12.4. The number of anilines is 1. The summed E-state index contributed by atoms with van der Waals surface area (Å²) in [5.41, 5.74) is 2.51. The van der Waals surface area contributed by atoms with Crippen LogP contribution in [0.1, 0.15) is 32.3 Å². The minimum atomic E-state index is 0.200. The van der Waals surface area contributed by atoms with E-state index in [1.807, 2.05) is 4.90 Å². The van der Waals surface area contributed by atoms with E-state index in [0.717, 1.165) is 43.5 Å². The van der Waals surface area contributed by atoms with E-state index in [0.29, 0.717) is 5.91 Å². The summed E-state index contributed by atoms with van der Waals surface area (Å²) < 4.78 is 1.15. The second-order valence-electron chi connectivity index (χ2n) is 5.76. The highest BCUT2D eigenvalue weighted by molar-refractivity contribution is 9.10. The van der Waals surface area contributed by atoms with Gasteiger partial charge in [-0.3, -0.25) is 4.79 Å². The first kappa shape index (κ1) is 16.3. The molecular weight excluding hydrogens is 328 g/mol. The van der Waals surface area contributed by atoms with Gasteiger partial charge < -0.3 is 9.80 Å². The zero-order valence-electron chi connectivity index (χ0n) is 13.2. The molecule has 3 nitrogen and oxygen atoms in total. The third-order valence-corrected chi connectivity index (χ3v) is 5.32. The monoisotopic (exact) mass is 352 g/mol. The highest BCUT2D eigenvalue weighted by Crippen LogP contribution is 2.24. The topological polar surface area (TPSA) is 23.6 Å². The maximum absolute atomic E-state index is 12.4. The summed E-state index contributed by atoms with van der Waals surface area (Å²) in [6.45, 7) is 9.84. The minimum Gasteiger partial charge on any atom is -0.368 e. The average molecular weight is 353 g/mol. The number of carbonyl (C=O) groups excluding carboxylic acids is 1. The molecule has 0 aromatic heterocycles. The molecule has 0 spiro atoms. The van der Waals surface area contributed by atoms with Crippen molar-refractivity contribution in [3.05, 3.63) is 28.2 Å². The molecule has 1 heterocycles. The van der Waals surface area contributed by atoms with Crippen LogP contribution in [0.4, 0.5) is 5.69 Å². The van der Waals surface area contributed by atoms with Gasteiger partial charge in [-0.2, -0.15) is 0 Å². The smallest absolute Gasteiger partial charge is 0.225 e. The van der Waals surface area contributed by atoms with Gasteiger partial charge in [-0.15, -0.1) is 0 Å². The van der Waals surface area contributed by atoms with E-state index in [9.17, 15) is 4.79 Å². The van der Waals surface area contributed by atoms with Crippen LogP contribution >= 0.6 is 15.9 Å². The number of halogens is 1. The van der Waals surface area contributed by atoms with Crippen LogP contribution in [-0.2, 0) is 4.79 Å². The number of piperazine rings is 1. The van der Waals surface area contributed by atoms with Crippen molar-refractivity contribution in [3.8, 4) is 0 Å². The van der Waals surface area contributed by atoms with Crippen LogP contribution < -0.4 is 4.90 Å². The van der Waals surface area contributed by atoms with Crippen molar-refractivity contribution in [1.29, 1.82) is 0 Å². The number of rotatable bonds is 4. The first-order chi connectivity index (χ1) is 10.1. The highest BCUT2D eigenvalue weighted by Gasteiger charge is 2.25. The van der Waals surface area contributed by atoms with E-state index in [1.165, 1.54) is 11.3 Å². The van der Waals surface area contributed by atoms with E-state index >= 15 is 0 Å². The third kappa shape index (κ3) is 3.79. The molecule has 0 atom stereocenters. The van der Waals surface area contributed by atoms with Crippen molar-refractivity contribution in [3.63, 3.8) is 0 Å². The molecule has 1 amide bonds. The molecule has 0 N–H and O–H groups in total. The van der Waals surface area contributed by atoms with Crippen LogP contribution in [0.25, 0.3) is 0 Å². The summed E-state index contributed by atoms with van der Waals surface area (Å²) in [4.78, 5) is 16.8. The van der Waals surface area contributed by atoms with Crippen molar-refractivity contribution in [2.45, 2.75) is 33.6 Å². The lowest BCUT2D eigenvalue weighted by atomic mass is 10.0. The first-order valence-corrected chi connectivity index (χ1v) is 8.66. The molecule has 1 fully saturated rings. The molecule has 4 heteroatoms. The zero-order chi connectivity index (χ0) is 15.4. The molecule has 0 radical (unpaired) electrons. The van der Waals surface area contributed by atoms with E-state index in [1.54, 1.807) is 0 Å². The van der Waals surface area contributed by atoms with E-state index in [4.69, 9.17) is 0 Å². The molecular formula is C17H25BrN2O. The summed E-state index contributed by atoms with van der Waals surface area (Å²) >= 11 is 3.54. The molecule has 1 aliphatic rings. The van der Waals surface area contributed by atoms with Crippen LogP contribution in [0.2, 0.25) is 0 Å². The summed E-state index contributed by atoms with van der Waals surface area (Å²) in [5.74, 6) is 0.540. The molecule has 0 aliphatic carbocycles. The predicted molar refractivity (Wildman–Crippen MR) is 91.7 cm³/mol. The van der Waals surface area contributed by atoms with Gasteiger partial charge in [0.25, 0.3) is 0 Å². The van der Waals surface area contributed by atoms with Gasteiger partial charge in [0.15, 0.2) is 0 Å². The zero-order valence-corrected chi connectivity index (χ0v) is 14.8. The Balaban J connectivity index is 1.96. The quantitative estimate of drug-likeness (QED) is 0.821. The Morgan fingerprint density at radius 1 is 1.19 bits per heavy atom. The molecule has 1 aliphatic heterocycles. The molecule has 1 saturated heterocycles.